The summed E-state index contributed by atoms with van der Waals surface area (Å²) in [6.07, 6.45) is 0.661. The summed E-state index contributed by atoms with van der Waals surface area (Å²) in [5, 5.41) is 2.91. The van der Waals surface area contributed by atoms with Gasteiger partial charge in [-0.3, -0.25) is 9.59 Å². The Morgan fingerprint density at radius 1 is 1.45 bits per heavy atom. The fourth-order valence-corrected chi connectivity index (χ4v) is 3.61. The average molecular weight is 327 g/mol. The maximum absolute atomic E-state index is 14.2. The molecule has 3 rings (SSSR count). The summed E-state index contributed by atoms with van der Waals surface area (Å²) in [5.41, 5.74) is 5.77. The largest absolute Gasteiger partial charge is 0.381 e. The second-order valence-electron chi connectivity index (χ2n) is 5.76. The molecule has 1 aliphatic carbocycles. The molecule has 7 heteroatoms. The van der Waals surface area contributed by atoms with Crippen LogP contribution >= 0.6 is 11.6 Å². The number of halogens is 2. The minimum atomic E-state index is -0.678. The van der Waals surface area contributed by atoms with Crippen molar-refractivity contribution in [2.75, 3.05) is 12.4 Å². The average Bonchev–Trinajstić information content (AvgIpc) is 2.50. The first-order valence-electron chi connectivity index (χ1n) is 7.05. The third-order valence-corrected chi connectivity index (χ3v) is 4.90. The van der Waals surface area contributed by atoms with Crippen molar-refractivity contribution in [3.8, 4) is 0 Å². The number of amides is 1. The van der Waals surface area contributed by atoms with Gasteiger partial charge in [0.2, 0.25) is 5.91 Å². The predicted octanol–water partition coefficient (Wildman–Crippen LogP) is 1.98. The Labute approximate surface area is 131 Å². The Morgan fingerprint density at radius 2 is 2.18 bits per heavy atom. The van der Waals surface area contributed by atoms with Crippen LogP contribution in [0.4, 0.5) is 10.1 Å². The number of carbonyl (C=O) groups excluding carboxylic acids is 2. The molecule has 3 N–H and O–H groups in total. The van der Waals surface area contributed by atoms with Gasteiger partial charge in [0.15, 0.2) is 11.6 Å². The number of anilines is 1. The molecule has 0 radical (unpaired) electrons. The van der Waals surface area contributed by atoms with Crippen LogP contribution in [0.2, 0.25) is 5.02 Å². The van der Waals surface area contributed by atoms with Crippen LogP contribution < -0.4 is 11.1 Å². The molecule has 1 aliphatic heterocycles. The van der Waals surface area contributed by atoms with Crippen LogP contribution in [0.15, 0.2) is 12.1 Å². The maximum atomic E-state index is 14.2. The number of nitrogens with two attached hydrogens (primary N) is 1. The van der Waals surface area contributed by atoms with Gasteiger partial charge in [-0.05, 0) is 25.0 Å². The van der Waals surface area contributed by atoms with Crippen molar-refractivity contribution in [3.63, 3.8) is 0 Å². The van der Waals surface area contributed by atoms with Gasteiger partial charge in [0, 0.05) is 24.6 Å². The van der Waals surface area contributed by atoms with Crippen molar-refractivity contribution in [3.05, 3.63) is 28.5 Å². The van der Waals surface area contributed by atoms with Gasteiger partial charge in [-0.2, -0.15) is 0 Å². The molecule has 1 fully saturated rings. The van der Waals surface area contributed by atoms with Crippen molar-refractivity contribution in [2.24, 2.45) is 17.6 Å². The zero-order chi connectivity index (χ0) is 16.0. The van der Waals surface area contributed by atoms with E-state index in [9.17, 15) is 14.0 Å². The molecule has 1 aromatic carbocycles. The maximum Gasteiger partial charge on any atom is 0.222 e. The molecule has 0 bridgehead atoms. The Kier molecular flexibility index (Phi) is 3.82. The van der Waals surface area contributed by atoms with Crippen LogP contribution in [0.5, 0.6) is 0 Å². The number of nitrogens with one attached hydrogen (secondary N) is 1. The number of ether oxygens (including phenoxy) is 1. The second-order valence-corrected chi connectivity index (χ2v) is 6.17. The minimum absolute atomic E-state index is 0.0564. The second kappa shape index (κ2) is 5.52. The monoisotopic (exact) mass is 326 g/mol. The van der Waals surface area contributed by atoms with Crippen molar-refractivity contribution in [1.29, 1.82) is 0 Å². The summed E-state index contributed by atoms with van der Waals surface area (Å²) in [7, 11) is 1.54. The van der Waals surface area contributed by atoms with E-state index in [-0.39, 0.29) is 28.2 Å². The smallest absolute Gasteiger partial charge is 0.222 e. The van der Waals surface area contributed by atoms with E-state index >= 15 is 0 Å². The van der Waals surface area contributed by atoms with Gasteiger partial charge < -0.3 is 15.8 Å². The van der Waals surface area contributed by atoms with Crippen molar-refractivity contribution in [1.82, 2.24) is 0 Å². The molecule has 22 heavy (non-hydrogen) atoms. The van der Waals surface area contributed by atoms with Crippen LogP contribution in [0, 0.1) is 17.7 Å². The molecule has 1 saturated carbocycles. The minimum Gasteiger partial charge on any atom is -0.381 e. The molecule has 1 heterocycles. The van der Waals surface area contributed by atoms with Crippen LogP contribution in [0.3, 0.4) is 0 Å². The lowest BCUT2D eigenvalue weighted by Gasteiger charge is -2.43. The summed E-state index contributed by atoms with van der Waals surface area (Å²) >= 11 is 5.78. The molecule has 4 unspecified atom stereocenters. The molecule has 1 aromatic rings. The fraction of sp³-hybridized carbons (Fsp3) is 0.467. The molecule has 118 valence electrons. The molecule has 0 aromatic heterocycles. The lowest BCUT2D eigenvalue weighted by Crippen LogP contribution is -2.54. The van der Waals surface area contributed by atoms with Gasteiger partial charge in [-0.25, -0.2) is 4.39 Å². The predicted molar refractivity (Wildman–Crippen MR) is 79.4 cm³/mol. The summed E-state index contributed by atoms with van der Waals surface area (Å²) in [6.45, 7) is 0. The lowest BCUT2D eigenvalue weighted by atomic mass is 9.70. The quantitative estimate of drug-likeness (QED) is 0.870. The van der Waals surface area contributed by atoms with Crippen molar-refractivity contribution < 1.29 is 18.7 Å². The molecule has 2 aliphatic rings. The molecule has 0 spiro atoms. The van der Waals surface area contributed by atoms with Gasteiger partial charge in [0.1, 0.15) is 0 Å². The zero-order valence-electron chi connectivity index (χ0n) is 11.9. The molecule has 5 nitrogen and oxygen atoms in total. The molecular formula is C15H16ClFN2O3. The number of Topliss-reactive ketones (excluding diaryl/α,β-unsaturated/α-hetero) is 1. The fourth-order valence-electron chi connectivity index (χ4n) is 3.46. The van der Waals surface area contributed by atoms with E-state index < -0.39 is 29.6 Å². The van der Waals surface area contributed by atoms with E-state index in [2.05, 4.69) is 5.32 Å². The van der Waals surface area contributed by atoms with Crippen LogP contribution in [0.1, 0.15) is 23.2 Å². The number of rotatable bonds is 2. The highest BCUT2D eigenvalue weighted by Gasteiger charge is 2.47. The number of hydrogen-bond donors (Lipinski definition) is 2. The Balaban J connectivity index is 2.06. The number of fused-ring (bicyclic) bond motifs is 2. The molecule has 4 atom stereocenters. The summed E-state index contributed by atoms with van der Waals surface area (Å²) in [5.74, 6) is -2.48. The number of methoxy groups -OCH3 is 1. The third kappa shape index (κ3) is 2.27. The van der Waals surface area contributed by atoms with E-state index in [1.54, 1.807) is 0 Å². The van der Waals surface area contributed by atoms with Gasteiger partial charge in [0.25, 0.3) is 0 Å². The summed E-state index contributed by atoms with van der Waals surface area (Å²) < 4.78 is 19.5. The van der Waals surface area contributed by atoms with Crippen LogP contribution in [-0.4, -0.2) is 30.9 Å². The van der Waals surface area contributed by atoms with Gasteiger partial charge in [-0.1, -0.05) is 11.6 Å². The Morgan fingerprint density at radius 3 is 2.82 bits per heavy atom. The Bertz CT molecular complexity index is 652. The van der Waals surface area contributed by atoms with Gasteiger partial charge >= 0.3 is 0 Å². The normalized spacial score (nSPS) is 30.2. The number of hydrogen-bond acceptors (Lipinski definition) is 4. The highest BCUT2D eigenvalue weighted by molar-refractivity contribution is 6.31. The molecular weight excluding hydrogens is 311 g/mol. The number of primary amides is 1. The van der Waals surface area contributed by atoms with E-state index in [1.807, 2.05) is 0 Å². The number of benzene rings is 1. The topological polar surface area (TPSA) is 81.4 Å². The van der Waals surface area contributed by atoms with E-state index in [0.717, 1.165) is 0 Å². The third-order valence-electron chi connectivity index (χ3n) is 4.61. The number of ketones is 1. The van der Waals surface area contributed by atoms with Crippen LogP contribution in [0.25, 0.3) is 0 Å². The van der Waals surface area contributed by atoms with Crippen molar-refractivity contribution in [2.45, 2.75) is 25.0 Å². The first kappa shape index (κ1) is 15.2. The SMILES string of the molecule is COC1CC(C(N)=O)C2Nc3c(ccc(Cl)c3F)C(=O)C2C1. The van der Waals surface area contributed by atoms with Crippen LogP contribution in [-0.2, 0) is 9.53 Å². The Hall–Kier alpha value is -1.66. The first-order valence-corrected chi connectivity index (χ1v) is 7.42. The highest BCUT2D eigenvalue weighted by atomic mass is 35.5. The first-order chi connectivity index (χ1) is 10.4. The zero-order valence-corrected chi connectivity index (χ0v) is 12.7. The summed E-state index contributed by atoms with van der Waals surface area (Å²) in [4.78, 5) is 24.4. The summed E-state index contributed by atoms with van der Waals surface area (Å²) in [6, 6.07) is 2.33. The number of carbonyl (C=O) groups is 2. The molecule has 0 saturated heterocycles. The van der Waals surface area contributed by atoms with Crippen molar-refractivity contribution >= 4 is 29.0 Å². The standard InChI is InChI=1S/C15H16ClFN2O3/c1-22-6-4-8-12(9(5-6)15(18)21)19-13-7(14(8)20)2-3-10(16)11(13)17/h2-3,6,8-9,12,19H,4-5H2,1H3,(H2,18,21). The van der Waals surface area contributed by atoms with E-state index in [1.165, 1.54) is 19.2 Å². The van der Waals surface area contributed by atoms with Gasteiger partial charge in [-0.15, -0.1) is 0 Å². The lowest BCUT2D eigenvalue weighted by molar-refractivity contribution is -0.125. The molecule has 1 amide bonds. The van der Waals surface area contributed by atoms with E-state index in [0.29, 0.717) is 12.8 Å². The highest BCUT2D eigenvalue weighted by Crippen LogP contribution is 2.42. The van der Waals surface area contributed by atoms with E-state index in [4.69, 9.17) is 22.1 Å². The van der Waals surface area contributed by atoms with Gasteiger partial charge in [0.05, 0.1) is 22.7 Å².